The summed E-state index contributed by atoms with van der Waals surface area (Å²) in [7, 11) is -2.27. The van der Waals surface area contributed by atoms with Gasteiger partial charge in [-0.15, -0.1) is 0 Å². The first-order valence-corrected chi connectivity index (χ1v) is 18.0. The van der Waals surface area contributed by atoms with Gasteiger partial charge in [-0.25, -0.2) is 13.1 Å². The van der Waals surface area contributed by atoms with Gasteiger partial charge in [0.2, 0.25) is 33.7 Å². The van der Waals surface area contributed by atoms with E-state index in [0.717, 1.165) is 16.7 Å². The Labute approximate surface area is 278 Å². The predicted octanol–water partition coefficient (Wildman–Crippen LogP) is 1.80. The van der Waals surface area contributed by atoms with E-state index in [0.29, 0.717) is 57.4 Å². The molecule has 4 N–H and O–H groups in total. The van der Waals surface area contributed by atoms with Crippen LogP contribution in [0.4, 0.5) is 0 Å². The fourth-order valence-corrected chi connectivity index (χ4v) is 7.79. The molecule has 2 fully saturated rings. The molecule has 2 atom stereocenters. The molecule has 47 heavy (non-hydrogen) atoms. The average Bonchev–Trinajstić information content (AvgIpc) is 3.55. The van der Waals surface area contributed by atoms with Crippen LogP contribution in [-0.2, 0) is 48.0 Å². The van der Waals surface area contributed by atoms with Crippen LogP contribution in [0, 0.1) is 6.92 Å². The number of carbonyl (C=O) groups excluding carboxylic acids is 4. The van der Waals surface area contributed by atoms with Crippen molar-refractivity contribution in [3.8, 4) is 0 Å². The Morgan fingerprint density at radius 3 is 2.36 bits per heavy atom. The Balaban J connectivity index is 1.46. The number of hydrogen-bond acceptors (Lipinski definition) is 7. The second kappa shape index (κ2) is 16.3. The molecule has 0 aliphatic carbocycles. The van der Waals surface area contributed by atoms with Gasteiger partial charge in [0.1, 0.15) is 12.1 Å². The lowest BCUT2D eigenvalue weighted by Gasteiger charge is -2.36. The second-order valence-electron chi connectivity index (χ2n) is 12.6. The lowest BCUT2D eigenvalue weighted by Crippen LogP contribution is -2.54. The number of sulfonamides is 1. The Morgan fingerprint density at radius 1 is 1.00 bits per heavy atom. The average molecular weight is 669 g/mol. The summed E-state index contributed by atoms with van der Waals surface area (Å²) in [4.78, 5) is 57.3. The van der Waals surface area contributed by atoms with E-state index in [1.807, 2.05) is 25.1 Å². The highest BCUT2D eigenvalue weighted by atomic mass is 32.2. The van der Waals surface area contributed by atoms with E-state index >= 15 is 0 Å². The van der Waals surface area contributed by atoms with Gasteiger partial charge in [-0.3, -0.25) is 19.2 Å². The summed E-state index contributed by atoms with van der Waals surface area (Å²) < 4.78 is 29.2. The topological polar surface area (TPSA) is 162 Å². The van der Waals surface area contributed by atoms with Crippen LogP contribution in [-0.4, -0.2) is 91.6 Å². The van der Waals surface area contributed by atoms with Crippen LogP contribution in [0.15, 0.2) is 48.5 Å². The number of nitrogens with two attached hydrogens (primary N) is 1. The Morgan fingerprint density at radius 2 is 1.70 bits per heavy atom. The van der Waals surface area contributed by atoms with Gasteiger partial charge in [-0.05, 0) is 55.7 Å². The molecular formula is C34H48N6O6S. The lowest BCUT2D eigenvalue weighted by molar-refractivity contribution is -0.140. The van der Waals surface area contributed by atoms with Crippen LogP contribution in [0.25, 0.3) is 0 Å². The van der Waals surface area contributed by atoms with Crippen LogP contribution in [0.2, 0.25) is 0 Å². The SMILES string of the molecule is CC(=O)N1CCC(N(C)C(=O)CCC(NS(=O)(=O)Cc2ccccc2)C(=O)N2CCC[C@H]2C(=O)NCc2cc(C)ccc2CN)CC1. The predicted molar refractivity (Wildman–Crippen MR) is 179 cm³/mol. The van der Waals surface area contributed by atoms with Gasteiger partial charge in [0.05, 0.1) is 5.75 Å². The van der Waals surface area contributed by atoms with Crippen LogP contribution >= 0.6 is 0 Å². The molecule has 2 aliphatic heterocycles. The van der Waals surface area contributed by atoms with Gasteiger partial charge < -0.3 is 25.8 Å². The zero-order valence-electron chi connectivity index (χ0n) is 27.6. The lowest BCUT2D eigenvalue weighted by atomic mass is 10.0. The molecule has 2 aromatic rings. The van der Waals surface area contributed by atoms with Crippen LogP contribution in [0.5, 0.6) is 0 Å². The third kappa shape index (κ3) is 9.85. The highest BCUT2D eigenvalue weighted by Crippen LogP contribution is 2.22. The largest absolute Gasteiger partial charge is 0.350 e. The third-order valence-electron chi connectivity index (χ3n) is 9.19. The molecule has 4 rings (SSSR count). The highest BCUT2D eigenvalue weighted by molar-refractivity contribution is 7.88. The molecule has 13 heteroatoms. The van der Waals surface area contributed by atoms with Crippen molar-refractivity contribution in [1.82, 2.24) is 24.7 Å². The van der Waals surface area contributed by atoms with Crippen LogP contribution < -0.4 is 15.8 Å². The first kappa shape index (κ1) is 36.0. The van der Waals surface area contributed by atoms with E-state index in [1.165, 1.54) is 11.8 Å². The normalized spacial score (nSPS) is 17.7. The van der Waals surface area contributed by atoms with Gasteiger partial charge in [0, 0.05) is 59.2 Å². The number of aryl methyl sites for hydroxylation is 1. The fraction of sp³-hybridized carbons (Fsp3) is 0.529. The Bertz CT molecular complexity index is 1530. The summed E-state index contributed by atoms with van der Waals surface area (Å²) >= 11 is 0. The molecule has 2 saturated heterocycles. The summed E-state index contributed by atoms with van der Waals surface area (Å²) in [5.74, 6) is -1.38. The molecule has 0 spiro atoms. The summed E-state index contributed by atoms with van der Waals surface area (Å²) in [5.41, 5.74) is 9.31. The monoisotopic (exact) mass is 668 g/mol. The standard InChI is InChI=1S/C34H48N6O6S/c1-24-11-12-27(21-35)28(20-24)22-36-33(43)31-10-7-17-40(31)34(44)30(37-47(45,46)23-26-8-5-4-6-9-26)13-14-32(42)38(3)29-15-18-39(19-16-29)25(2)41/h4-6,8-9,11-12,20,29-31,37H,7,10,13-19,21-23,35H2,1-3H3,(H,36,43)/t30?,31-/m0/s1. The van der Waals surface area contributed by atoms with Crippen LogP contribution in [0.1, 0.15) is 67.7 Å². The minimum absolute atomic E-state index is 0.00550. The first-order valence-electron chi connectivity index (χ1n) is 16.3. The molecule has 1 unspecified atom stereocenters. The van der Waals surface area contributed by atoms with Gasteiger partial charge in [0.25, 0.3) is 0 Å². The minimum Gasteiger partial charge on any atom is -0.350 e. The third-order valence-corrected chi connectivity index (χ3v) is 10.5. The zero-order chi connectivity index (χ0) is 34.1. The maximum atomic E-state index is 14.0. The van der Waals surface area contributed by atoms with Gasteiger partial charge in [0.15, 0.2) is 0 Å². The minimum atomic E-state index is -3.98. The maximum absolute atomic E-state index is 14.0. The number of piperidine rings is 1. The van der Waals surface area contributed by atoms with E-state index in [2.05, 4.69) is 10.0 Å². The van der Waals surface area contributed by atoms with E-state index < -0.39 is 28.0 Å². The zero-order valence-corrected chi connectivity index (χ0v) is 28.4. The van der Waals surface area contributed by atoms with Crippen molar-refractivity contribution < 1.29 is 27.6 Å². The summed E-state index contributed by atoms with van der Waals surface area (Å²) in [6.07, 6.45) is 2.21. The molecule has 0 aromatic heterocycles. The van der Waals surface area contributed by atoms with Crippen molar-refractivity contribution in [3.05, 3.63) is 70.8 Å². The molecule has 4 amide bonds. The number of hydrogen-bond donors (Lipinski definition) is 3. The summed E-state index contributed by atoms with van der Waals surface area (Å²) in [5, 5.41) is 2.95. The van der Waals surface area contributed by atoms with Crippen molar-refractivity contribution in [3.63, 3.8) is 0 Å². The van der Waals surface area contributed by atoms with Gasteiger partial charge in [-0.2, -0.15) is 0 Å². The molecule has 256 valence electrons. The van der Waals surface area contributed by atoms with Gasteiger partial charge in [-0.1, -0.05) is 54.1 Å². The Hall–Kier alpha value is -3.81. The number of nitrogens with one attached hydrogen (secondary N) is 2. The molecule has 0 saturated carbocycles. The highest BCUT2D eigenvalue weighted by Gasteiger charge is 2.39. The summed E-state index contributed by atoms with van der Waals surface area (Å²) in [6.45, 7) is 5.50. The number of nitrogens with zero attached hydrogens (tertiary/aromatic N) is 3. The van der Waals surface area contributed by atoms with Crippen molar-refractivity contribution in [2.24, 2.45) is 5.73 Å². The second-order valence-corrected chi connectivity index (χ2v) is 14.3. The summed E-state index contributed by atoms with van der Waals surface area (Å²) in [6, 6.07) is 12.5. The number of amides is 4. The molecule has 12 nitrogen and oxygen atoms in total. The fourth-order valence-electron chi connectivity index (χ4n) is 6.42. The number of benzene rings is 2. The van der Waals surface area contributed by atoms with Crippen molar-refractivity contribution >= 4 is 33.7 Å². The van der Waals surface area contributed by atoms with Crippen molar-refractivity contribution in [2.45, 2.75) is 89.3 Å². The molecule has 2 aromatic carbocycles. The maximum Gasteiger partial charge on any atom is 0.243 e. The quantitative estimate of drug-likeness (QED) is 0.293. The van der Waals surface area contributed by atoms with E-state index in [1.54, 1.807) is 47.2 Å². The van der Waals surface area contributed by atoms with E-state index in [9.17, 15) is 27.6 Å². The van der Waals surface area contributed by atoms with E-state index in [4.69, 9.17) is 5.73 Å². The molecule has 0 bridgehead atoms. The van der Waals surface area contributed by atoms with Crippen molar-refractivity contribution in [1.29, 1.82) is 0 Å². The number of carbonyl (C=O) groups is 4. The van der Waals surface area contributed by atoms with E-state index in [-0.39, 0.29) is 48.9 Å². The number of rotatable bonds is 13. The Kier molecular flexibility index (Phi) is 12.5. The van der Waals surface area contributed by atoms with Crippen molar-refractivity contribution in [2.75, 3.05) is 26.7 Å². The molecule has 2 aliphatic rings. The van der Waals surface area contributed by atoms with Crippen LogP contribution in [0.3, 0.4) is 0 Å². The first-order chi connectivity index (χ1) is 22.4. The molecule has 2 heterocycles. The number of likely N-dealkylation sites (tertiary alicyclic amines) is 2. The molecular weight excluding hydrogens is 620 g/mol. The molecule has 0 radical (unpaired) electrons. The smallest absolute Gasteiger partial charge is 0.243 e. The van der Waals surface area contributed by atoms with Gasteiger partial charge >= 0.3 is 0 Å².